The molecule has 0 fully saturated rings. The fourth-order valence-corrected chi connectivity index (χ4v) is 1.81. The van der Waals surface area contributed by atoms with Crippen LogP contribution in [0.15, 0.2) is 33.9 Å². The number of nitrogen functional groups attached to an aromatic ring is 1. The molecule has 2 aromatic rings. The van der Waals surface area contributed by atoms with Gasteiger partial charge in [-0.15, -0.1) is 0 Å². The maximum absolute atomic E-state index is 12.0. The predicted molar refractivity (Wildman–Crippen MR) is 80.3 cm³/mol. The molecular formula is C14H16N4O3. The van der Waals surface area contributed by atoms with E-state index in [2.05, 4.69) is 10.4 Å². The fourth-order valence-electron chi connectivity index (χ4n) is 1.81. The molecule has 1 aromatic heterocycles. The molecule has 1 amide bonds. The van der Waals surface area contributed by atoms with E-state index >= 15 is 0 Å². The van der Waals surface area contributed by atoms with Gasteiger partial charge in [0.2, 0.25) is 5.91 Å². The molecule has 0 radical (unpaired) electrons. The van der Waals surface area contributed by atoms with Crippen LogP contribution in [0.25, 0.3) is 0 Å². The Hall–Kier alpha value is -2.83. The van der Waals surface area contributed by atoms with Crippen LogP contribution < -0.4 is 22.2 Å². The van der Waals surface area contributed by atoms with E-state index in [1.807, 2.05) is 0 Å². The molecule has 0 aliphatic heterocycles. The number of H-pyrrole nitrogens is 1. The maximum Gasteiger partial charge on any atom is 0.268 e. The van der Waals surface area contributed by atoms with Crippen LogP contribution in [0.5, 0.6) is 0 Å². The lowest BCUT2D eigenvalue weighted by atomic mass is 10.2. The van der Waals surface area contributed by atoms with Crippen LogP contribution in [0.2, 0.25) is 0 Å². The average Bonchev–Trinajstić information content (AvgIpc) is 2.45. The number of anilines is 2. The monoisotopic (exact) mass is 288 g/mol. The lowest BCUT2D eigenvalue weighted by molar-refractivity contribution is -0.117. The molecule has 4 N–H and O–H groups in total. The standard InChI is InChI=1S/C14H16N4O3/c1-8-9(2)14(21)18(17-13(8)20)7-12(19)16-11-5-3-10(15)4-6-11/h3-6H,7,15H2,1-2H3,(H,16,19)(H,17,20). The van der Waals surface area contributed by atoms with Crippen molar-refractivity contribution >= 4 is 17.3 Å². The number of rotatable bonds is 3. The number of amides is 1. The van der Waals surface area contributed by atoms with Gasteiger partial charge in [0.15, 0.2) is 0 Å². The second kappa shape index (κ2) is 5.66. The zero-order valence-electron chi connectivity index (χ0n) is 11.8. The second-order valence-electron chi connectivity index (χ2n) is 4.75. The smallest absolute Gasteiger partial charge is 0.268 e. The highest BCUT2D eigenvalue weighted by Gasteiger charge is 2.10. The quantitative estimate of drug-likeness (QED) is 0.709. The molecule has 0 aliphatic carbocycles. The number of benzene rings is 1. The van der Waals surface area contributed by atoms with E-state index in [1.165, 1.54) is 0 Å². The number of nitrogens with zero attached hydrogens (tertiary/aromatic N) is 1. The summed E-state index contributed by atoms with van der Waals surface area (Å²) in [4.78, 5) is 35.5. The van der Waals surface area contributed by atoms with E-state index in [1.54, 1.807) is 38.1 Å². The Kier molecular flexibility index (Phi) is 3.93. The molecular weight excluding hydrogens is 272 g/mol. The summed E-state index contributed by atoms with van der Waals surface area (Å²) < 4.78 is 0.997. The Labute approximate surface area is 120 Å². The van der Waals surface area contributed by atoms with Crippen molar-refractivity contribution in [1.82, 2.24) is 9.78 Å². The molecule has 1 heterocycles. The molecule has 7 nitrogen and oxygen atoms in total. The molecule has 0 unspecified atom stereocenters. The SMILES string of the molecule is Cc1c(C)c(=O)n(CC(=O)Nc2ccc(N)cc2)[nH]c1=O. The zero-order valence-corrected chi connectivity index (χ0v) is 11.8. The summed E-state index contributed by atoms with van der Waals surface area (Å²) in [7, 11) is 0. The van der Waals surface area contributed by atoms with Crippen LogP contribution >= 0.6 is 0 Å². The number of carbonyl (C=O) groups excluding carboxylic acids is 1. The van der Waals surface area contributed by atoms with Gasteiger partial charge in [-0.3, -0.25) is 19.5 Å². The Morgan fingerprint density at radius 2 is 1.81 bits per heavy atom. The number of nitrogens with one attached hydrogen (secondary N) is 2. The van der Waals surface area contributed by atoms with Crippen molar-refractivity contribution in [3.63, 3.8) is 0 Å². The van der Waals surface area contributed by atoms with Crippen molar-refractivity contribution in [3.05, 3.63) is 56.1 Å². The van der Waals surface area contributed by atoms with Crippen LogP contribution in [0.4, 0.5) is 11.4 Å². The molecule has 110 valence electrons. The van der Waals surface area contributed by atoms with Crippen LogP contribution in [-0.4, -0.2) is 15.7 Å². The first-order valence-electron chi connectivity index (χ1n) is 6.34. The molecule has 1 aromatic carbocycles. The van der Waals surface area contributed by atoms with Gasteiger partial charge < -0.3 is 11.1 Å². The topological polar surface area (TPSA) is 110 Å². The number of aromatic nitrogens is 2. The first-order valence-corrected chi connectivity index (χ1v) is 6.34. The molecule has 0 spiro atoms. The third kappa shape index (κ3) is 3.19. The summed E-state index contributed by atoms with van der Waals surface area (Å²) in [5, 5.41) is 5.00. The first kappa shape index (κ1) is 14.6. The molecule has 0 bridgehead atoms. The van der Waals surface area contributed by atoms with Gasteiger partial charge in [-0.2, -0.15) is 0 Å². The molecule has 0 saturated carbocycles. The lowest BCUT2D eigenvalue weighted by Gasteiger charge is -2.09. The van der Waals surface area contributed by atoms with E-state index in [4.69, 9.17) is 5.73 Å². The third-order valence-electron chi connectivity index (χ3n) is 3.20. The van der Waals surface area contributed by atoms with Gasteiger partial charge in [-0.25, -0.2) is 4.68 Å². The Morgan fingerprint density at radius 3 is 2.43 bits per heavy atom. The van der Waals surface area contributed by atoms with Gasteiger partial charge in [-0.1, -0.05) is 0 Å². The summed E-state index contributed by atoms with van der Waals surface area (Å²) in [6.45, 7) is 2.86. The van der Waals surface area contributed by atoms with Crippen LogP contribution in [-0.2, 0) is 11.3 Å². The number of hydrogen-bond donors (Lipinski definition) is 3. The minimum Gasteiger partial charge on any atom is -0.399 e. The van der Waals surface area contributed by atoms with E-state index in [0.717, 1.165) is 4.68 Å². The van der Waals surface area contributed by atoms with Crippen LogP contribution in [0.3, 0.4) is 0 Å². The van der Waals surface area contributed by atoms with E-state index < -0.39 is 5.91 Å². The largest absolute Gasteiger partial charge is 0.399 e. The van der Waals surface area contributed by atoms with Gasteiger partial charge in [0.1, 0.15) is 6.54 Å². The van der Waals surface area contributed by atoms with Crippen LogP contribution in [0, 0.1) is 13.8 Å². The van der Waals surface area contributed by atoms with Gasteiger partial charge in [0.05, 0.1) is 0 Å². The van der Waals surface area contributed by atoms with Gasteiger partial charge >= 0.3 is 0 Å². The Morgan fingerprint density at radius 1 is 1.19 bits per heavy atom. The predicted octanol–water partition coefficient (Wildman–Crippen LogP) is 0.374. The fraction of sp³-hybridized carbons (Fsp3) is 0.214. The Balaban J connectivity index is 2.19. The normalized spacial score (nSPS) is 10.4. The van der Waals surface area contributed by atoms with E-state index in [-0.39, 0.29) is 17.7 Å². The lowest BCUT2D eigenvalue weighted by Crippen LogP contribution is -2.36. The average molecular weight is 288 g/mol. The number of aromatic amines is 1. The molecule has 7 heteroatoms. The minimum absolute atomic E-state index is 0.264. The molecule has 0 saturated heterocycles. The van der Waals surface area contributed by atoms with Crippen molar-refractivity contribution in [2.75, 3.05) is 11.1 Å². The highest BCUT2D eigenvalue weighted by Crippen LogP contribution is 2.10. The summed E-state index contributed by atoms with van der Waals surface area (Å²) in [6, 6.07) is 6.61. The maximum atomic E-state index is 12.0. The summed E-state index contributed by atoms with van der Waals surface area (Å²) in [5.74, 6) is -0.416. The zero-order chi connectivity index (χ0) is 15.6. The van der Waals surface area contributed by atoms with Gasteiger partial charge in [0, 0.05) is 22.5 Å². The van der Waals surface area contributed by atoms with E-state index in [0.29, 0.717) is 22.5 Å². The van der Waals surface area contributed by atoms with Gasteiger partial charge in [0.25, 0.3) is 11.1 Å². The van der Waals surface area contributed by atoms with Crippen molar-refractivity contribution < 1.29 is 4.79 Å². The highest BCUT2D eigenvalue weighted by atomic mass is 16.2. The van der Waals surface area contributed by atoms with Crippen molar-refractivity contribution in [2.24, 2.45) is 0 Å². The first-order chi connectivity index (χ1) is 9.88. The van der Waals surface area contributed by atoms with Crippen LogP contribution in [0.1, 0.15) is 11.1 Å². The third-order valence-corrected chi connectivity index (χ3v) is 3.20. The summed E-state index contributed by atoms with van der Waals surface area (Å²) in [6.07, 6.45) is 0. The molecule has 0 aliphatic rings. The number of hydrogen-bond acceptors (Lipinski definition) is 4. The second-order valence-corrected chi connectivity index (χ2v) is 4.75. The summed E-state index contributed by atoms with van der Waals surface area (Å²) >= 11 is 0. The number of nitrogens with two attached hydrogens (primary N) is 1. The highest BCUT2D eigenvalue weighted by molar-refractivity contribution is 5.90. The molecule has 2 rings (SSSR count). The Bertz CT molecular complexity index is 787. The van der Waals surface area contributed by atoms with Crippen molar-refractivity contribution in [1.29, 1.82) is 0 Å². The van der Waals surface area contributed by atoms with Crippen molar-refractivity contribution in [2.45, 2.75) is 20.4 Å². The van der Waals surface area contributed by atoms with E-state index in [9.17, 15) is 14.4 Å². The number of carbonyl (C=O) groups is 1. The van der Waals surface area contributed by atoms with Crippen molar-refractivity contribution in [3.8, 4) is 0 Å². The molecule has 21 heavy (non-hydrogen) atoms. The molecule has 0 atom stereocenters. The van der Waals surface area contributed by atoms with Gasteiger partial charge in [-0.05, 0) is 38.1 Å². The summed E-state index contributed by atoms with van der Waals surface area (Å²) in [5.41, 5.74) is 6.62. The minimum atomic E-state index is -0.416.